The summed E-state index contributed by atoms with van der Waals surface area (Å²) < 4.78 is 13.8. The van der Waals surface area contributed by atoms with E-state index in [4.69, 9.17) is 9.47 Å². The fraction of sp³-hybridized carbons (Fsp3) is 0.133. The molecule has 8 aromatic carbocycles. The lowest BCUT2D eigenvalue weighted by molar-refractivity contribution is -0.0333. The van der Waals surface area contributed by atoms with Gasteiger partial charge in [0.25, 0.3) is 0 Å². The van der Waals surface area contributed by atoms with Crippen molar-refractivity contribution < 1.29 is 75.2 Å². The van der Waals surface area contributed by atoms with Gasteiger partial charge in [0.15, 0.2) is 28.7 Å². The first-order valence-corrected chi connectivity index (χ1v) is 23.7. The maximum absolute atomic E-state index is 15.2. The Balaban J connectivity index is 1.16. The Kier molecular flexibility index (Phi) is 12.7. The van der Waals surface area contributed by atoms with E-state index in [1.54, 1.807) is 48.5 Å². The van der Waals surface area contributed by atoms with Crippen molar-refractivity contribution in [2.75, 3.05) is 0 Å². The molecule has 11 N–H and O–H groups in total. The molecule has 0 saturated carbocycles. The topological polar surface area (TPSA) is 275 Å². The summed E-state index contributed by atoms with van der Waals surface area (Å²) in [6, 6.07) is 37.4. The van der Waals surface area contributed by atoms with E-state index in [0.717, 1.165) is 23.8 Å². The number of fused-ring (bicyclic) bond motifs is 1. The molecule has 0 spiro atoms. The van der Waals surface area contributed by atoms with Crippen LogP contribution in [0, 0.1) is 5.92 Å². The van der Waals surface area contributed by atoms with Crippen molar-refractivity contribution in [3.05, 3.63) is 219 Å². The van der Waals surface area contributed by atoms with Crippen LogP contribution in [0.25, 0.3) is 6.08 Å². The fourth-order valence-corrected chi connectivity index (χ4v) is 10.5. The van der Waals surface area contributed by atoms with Gasteiger partial charge in [0.1, 0.15) is 63.6 Å². The molecule has 2 heterocycles. The molecule has 10 rings (SSSR count). The molecule has 15 heteroatoms. The van der Waals surface area contributed by atoms with Crippen LogP contribution in [-0.4, -0.2) is 67.7 Å². The van der Waals surface area contributed by atoms with Crippen molar-refractivity contribution in [2.24, 2.45) is 5.92 Å². The molecule has 8 aromatic rings. The average Bonchev–Trinajstić information content (AvgIpc) is 3.78. The monoisotopic (exact) mass is 1010 g/mol. The van der Waals surface area contributed by atoms with Crippen LogP contribution < -0.4 is 4.74 Å². The van der Waals surface area contributed by atoms with Crippen molar-refractivity contribution in [2.45, 2.75) is 42.5 Å². The molecule has 1 fully saturated rings. The van der Waals surface area contributed by atoms with E-state index in [2.05, 4.69) is 0 Å². The number of benzene rings is 8. The number of aromatic hydroxyl groups is 11. The van der Waals surface area contributed by atoms with Crippen molar-refractivity contribution in [3.63, 3.8) is 0 Å². The lowest BCUT2D eigenvalue weighted by atomic mass is 9.70. The summed E-state index contributed by atoms with van der Waals surface area (Å²) in [5.74, 6) is -6.73. The molecule has 2 aliphatic rings. The van der Waals surface area contributed by atoms with E-state index in [-0.39, 0.29) is 80.9 Å². The molecule has 0 aliphatic carbocycles. The van der Waals surface area contributed by atoms with E-state index in [0.29, 0.717) is 22.3 Å². The normalized spacial score (nSPS) is 20.1. The van der Waals surface area contributed by atoms with Gasteiger partial charge >= 0.3 is 0 Å². The van der Waals surface area contributed by atoms with Crippen LogP contribution in [0.15, 0.2) is 164 Å². The minimum Gasteiger partial charge on any atom is -0.508 e. The van der Waals surface area contributed by atoms with Crippen LogP contribution in [0.4, 0.5) is 0 Å². The predicted molar refractivity (Wildman–Crippen MR) is 273 cm³/mol. The summed E-state index contributed by atoms with van der Waals surface area (Å²) in [6.07, 6.45) is 0.638. The Morgan fingerprint density at radius 2 is 1.13 bits per heavy atom. The number of ketones is 2. The molecule has 75 heavy (non-hydrogen) atoms. The summed E-state index contributed by atoms with van der Waals surface area (Å²) in [5, 5.41) is 119. The molecule has 0 amide bonds. The zero-order chi connectivity index (χ0) is 52.9. The van der Waals surface area contributed by atoms with Crippen LogP contribution in [0.2, 0.25) is 0 Å². The van der Waals surface area contributed by atoms with E-state index in [1.165, 1.54) is 103 Å². The third-order valence-corrected chi connectivity index (χ3v) is 14.1. The van der Waals surface area contributed by atoms with Crippen LogP contribution in [0.3, 0.4) is 0 Å². The minimum atomic E-state index is -1.87. The highest BCUT2D eigenvalue weighted by Crippen LogP contribution is 2.60. The van der Waals surface area contributed by atoms with E-state index in [9.17, 15) is 61.0 Å². The highest BCUT2D eigenvalue weighted by atomic mass is 16.5. The summed E-state index contributed by atoms with van der Waals surface area (Å²) in [6.45, 7) is 0. The van der Waals surface area contributed by atoms with Crippen molar-refractivity contribution >= 4 is 17.6 Å². The van der Waals surface area contributed by atoms with Gasteiger partial charge in [-0.25, -0.2) is 0 Å². The molecule has 0 bridgehead atoms. The first-order valence-electron chi connectivity index (χ1n) is 23.7. The van der Waals surface area contributed by atoms with Gasteiger partial charge in [0.05, 0.1) is 11.7 Å². The zero-order valence-electron chi connectivity index (χ0n) is 39.5. The number of Topliss-reactive ketones (excluding diaryl/α,β-unsaturated/α-hetero) is 1. The summed E-state index contributed by atoms with van der Waals surface area (Å²) in [7, 11) is 0. The molecule has 15 nitrogen and oxygen atoms in total. The number of rotatable bonds is 12. The van der Waals surface area contributed by atoms with E-state index >= 15 is 4.79 Å². The number of phenols is 11. The molecule has 0 radical (unpaired) electrons. The third-order valence-electron chi connectivity index (χ3n) is 14.1. The summed E-state index contributed by atoms with van der Waals surface area (Å²) in [5.41, 5.74) is 0.960. The Morgan fingerprint density at radius 3 is 1.83 bits per heavy atom. The lowest BCUT2D eigenvalue weighted by Crippen LogP contribution is -2.35. The number of allylic oxidation sites excluding steroid dienone is 1. The molecule has 0 aromatic heterocycles. The van der Waals surface area contributed by atoms with Gasteiger partial charge in [-0.1, -0.05) is 54.6 Å². The number of carbonyl (C=O) groups excluding carboxylic acids is 2. The Bertz CT molecular complexity index is 3530. The van der Waals surface area contributed by atoms with Crippen LogP contribution in [0.5, 0.6) is 69.0 Å². The van der Waals surface area contributed by atoms with E-state index < -0.39 is 75.9 Å². The van der Waals surface area contributed by atoms with Gasteiger partial charge in [-0.05, 0) is 138 Å². The van der Waals surface area contributed by atoms with Crippen LogP contribution in [0.1, 0.15) is 95.7 Å². The number of hydrogen-bond donors (Lipinski definition) is 11. The first kappa shape index (κ1) is 49.0. The first-order chi connectivity index (χ1) is 36.0. The van der Waals surface area contributed by atoms with Gasteiger partial charge in [-0.2, -0.15) is 0 Å². The Hall–Kier alpha value is -9.60. The zero-order valence-corrected chi connectivity index (χ0v) is 39.5. The number of carbonyl (C=O) groups is 2. The van der Waals surface area contributed by atoms with Crippen molar-refractivity contribution in [1.82, 2.24) is 0 Å². The minimum absolute atomic E-state index is 0.0141. The fourth-order valence-electron chi connectivity index (χ4n) is 10.5. The lowest BCUT2D eigenvalue weighted by Gasteiger charge is -2.41. The maximum atomic E-state index is 15.2. The SMILES string of the molecule is O=C(C=Cc1ccc(O)c([C@H]2[C@H](c3cc([C@@H]4O[C@@](C(=O)c5ccc(O)c(O)c5)(c5ccc(O)cc5)C[C@H]4Cc4ccc(O)cc4)c(O)cc3O)c3ccc(O)cc3O[C@H]2c2ccc(O)cc2)c1)c1ccc(O)cc1O. The smallest absolute Gasteiger partial charge is 0.199 e. The van der Waals surface area contributed by atoms with Crippen molar-refractivity contribution in [1.29, 1.82) is 0 Å². The second-order valence-electron chi connectivity index (χ2n) is 18.8. The summed E-state index contributed by atoms with van der Waals surface area (Å²) >= 11 is 0. The Morgan fingerprint density at radius 1 is 0.507 bits per heavy atom. The standard InChI is InChI=1S/C60H48O15/c61-37-10-1-31(2-11-37)23-35-30-60(36-8-14-39(63)15-9-36,59(73)34-7-22-49(68)53(72)25-34)75-57(35)46-28-45(51(70)29-52(46)71)55-43-19-17-41(65)27-54(43)74-58(33-5-12-38(62)13-6-33)56(55)44-24-32(4-21-48(44)67)3-20-47(66)42-18-16-40(64)26-50(42)69/h1-22,24-29,35,55-58,61-65,67-72H,23,30H2/t35-,55+,56+,57-,58+,60-/m1/s1. The largest absolute Gasteiger partial charge is 0.508 e. The van der Waals surface area contributed by atoms with Crippen LogP contribution in [-0.2, 0) is 16.8 Å². The summed E-state index contributed by atoms with van der Waals surface area (Å²) in [4.78, 5) is 28.5. The van der Waals surface area contributed by atoms with Crippen molar-refractivity contribution in [3.8, 4) is 69.0 Å². The molecular weight excluding hydrogens is 961 g/mol. The maximum Gasteiger partial charge on any atom is 0.199 e. The number of phenolic OH excluding ortho intramolecular Hbond substituents is 11. The quantitative estimate of drug-likeness (QED) is 0.0309. The highest BCUT2D eigenvalue weighted by molar-refractivity contribution is 6.08. The predicted octanol–water partition coefficient (Wildman–Crippen LogP) is 10.5. The number of hydrogen-bond acceptors (Lipinski definition) is 15. The average molecular weight is 1010 g/mol. The second kappa shape index (κ2) is 19.4. The molecular formula is C60H48O15. The molecule has 6 atom stereocenters. The number of ether oxygens (including phenoxy) is 2. The van der Waals surface area contributed by atoms with Gasteiger partial charge in [0, 0.05) is 57.9 Å². The van der Waals surface area contributed by atoms with Gasteiger partial charge in [-0.15, -0.1) is 0 Å². The molecule has 1 saturated heterocycles. The van der Waals surface area contributed by atoms with Crippen LogP contribution >= 0.6 is 0 Å². The van der Waals surface area contributed by atoms with Gasteiger partial charge < -0.3 is 65.6 Å². The van der Waals surface area contributed by atoms with Gasteiger partial charge in [-0.3, -0.25) is 9.59 Å². The van der Waals surface area contributed by atoms with E-state index in [1.807, 2.05) is 0 Å². The Labute approximate surface area is 428 Å². The molecule has 2 aliphatic heterocycles. The van der Waals surface area contributed by atoms with Gasteiger partial charge in [0.2, 0.25) is 0 Å². The third kappa shape index (κ3) is 9.39. The second-order valence-corrected chi connectivity index (χ2v) is 18.8. The molecule has 0 unspecified atom stereocenters. The molecule has 378 valence electrons. The highest BCUT2D eigenvalue weighted by Gasteiger charge is 2.54.